The predicted molar refractivity (Wildman–Crippen MR) is 84.5 cm³/mol. The molecule has 1 fully saturated rings. The van der Waals surface area contributed by atoms with E-state index in [1.54, 1.807) is 0 Å². The van der Waals surface area contributed by atoms with E-state index < -0.39 is 0 Å². The van der Waals surface area contributed by atoms with Gasteiger partial charge in [-0.05, 0) is 24.8 Å². The predicted octanol–water partition coefficient (Wildman–Crippen LogP) is 3.17. The minimum absolute atomic E-state index is 0.0429. The highest BCUT2D eigenvalue weighted by Crippen LogP contribution is 2.36. The lowest BCUT2D eigenvalue weighted by molar-refractivity contribution is -0.129. The first-order valence-electron chi connectivity index (χ1n) is 7.70. The van der Waals surface area contributed by atoms with Gasteiger partial charge < -0.3 is 9.47 Å². The fourth-order valence-corrected chi connectivity index (χ4v) is 3.63. The Kier molecular flexibility index (Phi) is 3.18. The third-order valence-corrected chi connectivity index (χ3v) is 4.99. The minimum atomic E-state index is 0.0429. The molecule has 1 aliphatic carbocycles. The molecular formula is C17H19ClN2O. The first kappa shape index (κ1) is 13.2. The third-order valence-electron chi connectivity index (χ3n) is 4.77. The Labute approximate surface area is 129 Å². The van der Waals surface area contributed by atoms with E-state index in [4.69, 9.17) is 11.6 Å². The molecule has 1 saturated carbocycles. The molecule has 1 aromatic carbocycles. The molecule has 0 atom stereocenters. The quantitative estimate of drug-likeness (QED) is 0.800. The number of aromatic nitrogens is 1. The minimum Gasteiger partial charge on any atom is -0.344 e. The lowest BCUT2D eigenvalue weighted by Gasteiger charge is -2.27. The number of carbonyl (C=O) groups is 1. The second kappa shape index (κ2) is 5.06. The van der Waals surface area contributed by atoms with Gasteiger partial charge in [-0.15, -0.1) is 11.6 Å². The molecule has 2 aromatic rings. The van der Waals surface area contributed by atoms with Crippen LogP contribution in [0.15, 0.2) is 24.3 Å². The maximum Gasteiger partial charge on any atom is 0.237 e. The number of halogens is 1. The molecule has 2 heterocycles. The normalized spacial score (nSPS) is 18.0. The molecule has 1 aliphatic heterocycles. The zero-order valence-electron chi connectivity index (χ0n) is 12.0. The summed E-state index contributed by atoms with van der Waals surface area (Å²) in [5.41, 5.74) is 4.09. The van der Waals surface area contributed by atoms with Crippen LogP contribution in [-0.4, -0.2) is 27.8 Å². The number of carbonyl (C=O) groups excluding carboxylic acids is 1. The van der Waals surface area contributed by atoms with Crippen molar-refractivity contribution in [1.82, 2.24) is 9.47 Å². The van der Waals surface area contributed by atoms with Crippen LogP contribution < -0.4 is 0 Å². The van der Waals surface area contributed by atoms with Gasteiger partial charge >= 0.3 is 0 Å². The summed E-state index contributed by atoms with van der Waals surface area (Å²) >= 11 is 5.72. The zero-order valence-corrected chi connectivity index (χ0v) is 12.8. The van der Waals surface area contributed by atoms with Crippen LogP contribution in [0.3, 0.4) is 0 Å². The smallest absolute Gasteiger partial charge is 0.237 e. The molecule has 4 heteroatoms. The number of para-hydroxylation sites is 1. The number of hydrogen-bond acceptors (Lipinski definition) is 1. The largest absolute Gasteiger partial charge is 0.344 e. The van der Waals surface area contributed by atoms with Crippen molar-refractivity contribution in [1.29, 1.82) is 0 Å². The van der Waals surface area contributed by atoms with Gasteiger partial charge in [0.05, 0.1) is 0 Å². The zero-order chi connectivity index (χ0) is 14.4. The second-order valence-corrected chi connectivity index (χ2v) is 6.46. The highest BCUT2D eigenvalue weighted by atomic mass is 35.5. The van der Waals surface area contributed by atoms with Crippen molar-refractivity contribution in [3.8, 4) is 0 Å². The van der Waals surface area contributed by atoms with Crippen molar-refractivity contribution in [2.75, 3.05) is 12.4 Å². The van der Waals surface area contributed by atoms with Gasteiger partial charge in [-0.3, -0.25) is 4.79 Å². The lowest BCUT2D eigenvalue weighted by Crippen LogP contribution is -2.37. The summed E-state index contributed by atoms with van der Waals surface area (Å²) in [6.45, 7) is 2.64. The maximum atomic E-state index is 11.9. The van der Waals surface area contributed by atoms with Crippen LogP contribution in [0.5, 0.6) is 0 Å². The number of benzene rings is 1. The molecule has 3 nitrogen and oxygen atoms in total. The number of amides is 1. The lowest BCUT2D eigenvalue weighted by atomic mass is 10.0. The van der Waals surface area contributed by atoms with Crippen molar-refractivity contribution >= 4 is 28.4 Å². The Morgan fingerprint density at radius 1 is 1.29 bits per heavy atom. The van der Waals surface area contributed by atoms with Crippen LogP contribution in [0.1, 0.15) is 24.1 Å². The topological polar surface area (TPSA) is 25.2 Å². The Balaban J connectivity index is 1.79. The van der Waals surface area contributed by atoms with Gasteiger partial charge in [0, 0.05) is 48.2 Å². The summed E-state index contributed by atoms with van der Waals surface area (Å²) in [4.78, 5) is 13.8. The summed E-state index contributed by atoms with van der Waals surface area (Å²) in [6, 6.07) is 8.60. The van der Waals surface area contributed by atoms with E-state index in [-0.39, 0.29) is 11.8 Å². The van der Waals surface area contributed by atoms with E-state index >= 15 is 0 Å². The summed E-state index contributed by atoms with van der Waals surface area (Å²) in [6.07, 6.45) is 3.66. The number of fused-ring (bicyclic) bond motifs is 3. The van der Waals surface area contributed by atoms with Gasteiger partial charge in [-0.2, -0.15) is 0 Å². The third kappa shape index (κ3) is 2.24. The number of rotatable bonds is 3. The van der Waals surface area contributed by atoms with E-state index in [1.807, 2.05) is 4.90 Å². The highest BCUT2D eigenvalue weighted by molar-refractivity contribution is 6.27. The van der Waals surface area contributed by atoms with Gasteiger partial charge in [0.25, 0.3) is 0 Å². The van der Waals surface area contributed by atoms with Crippen molar-refractivity contribution in [3.63, 3.8) is 0 Å². The molecule has 0 bridgehead atoms. The Morgan fingerprint density at radius 2 is 2.10 bits per heavy atom. The molecule has 0 spiro atoms. The molecule has 1 aromatic heterocycles. The van der Waals surface area contributed by atoms with Crippen LogP contribution in [0.25, 0.3) is 10.9 Å². The van der Waals surface area contributed by atoms with Crippen LogP contribution in [0.2, 0.25) is 0 Å². The fourth-order valence-electron chi connectivity index (χ4n) is 3.47. The molecule has 110 valence electrons. The molecule has 0 radical (unpaired) electrons. The van der Waals surface area contributed by atoms with Crippen molar-refractivity contribution < 1.29 is 4.79 Å². The van der Waals surface area contributed by atoms with Crippen LogP contribution in [0.4, 0.5) is 0 Å². The average molecular weight is 303 g/mol. The summed E-state index contributed by atoms with van der Waals surface area (Å²) < 4.78 is 2.50. The van der Waals surface area contributed by atoms with Crippen molar-refractivity contribution in [3.05, 3.63) is 35.5 Å². The first-order valence-corrected chi connectivity index (χ1v) is 8.24. The maximum absolute atomic E-state index is 11.9. The number of nitrogens with zero attached hydrogens (tertiary/aromatic N) is 2. The molecular weight excluding hydrogens is 284 g/mol. The van der Waals surface area contributed by atoms with Crippen LogP contribution >= 0.6 is 11.6 Å². The Bertz CT molecular complexity index is 702. The molecule has 2 aliphatic rings. The molecule has 0 saturated heterocycles. The fraction of sp³-hybridized carbons (Fsp3) is 0.471. The SMILES string of the molecule is O=C(CCl)N1CCc2c(c3ccccc3n2CC2CC2)C1. The highest BCUT2D eigenvalue weighted by Gasteiger charge is 2.29. The van der Waals surface area contributed by atoms with Crippen molar-refractivity contribution in [2.45, 2.75) is 32.4 Å². The molecule has 4 rings (SSSR count). The van der Waals surface area contributed by atoms with Gasteiger partial charge in [0.15, 0.2) is 0 Å². The van der Waals surface area contributed by atoms with Gasteiger partial charge in [-0.1, -0.05) is 18.2 Å². The Hall–Kier alpha value is -1.48. The van der Waals surface area contributed by atoms with E-state index in [0.29, 0.717) is 6.54 Å². The molecule has 0 N–H and O–H groups in total. The van der Waals surface area contributed by atoms with E-state index in [2.05, 4.69) is 28.8 Å². The standard InChI is InChI=1S/C17H19ClN2O/c18-9-17(21)19-8-7-16-14(11-19)13-3-1-2-4-15(13)20(16)10-12-5-6-12/h1-4,12H,5-11H2. The molecule has 0 unspecified atom stereocenters. The van der Waals surface area contributed by atoms with E-state index in [1.165, 1.54) is 35.0 Å². The number of hydrogen-bond donors (Lipinski definition) is 0. The average Bonchev–Trinajstić information content (AvgIpc) is 3.30. The summed E-state index contributed by atoms with van der Waals surface area (Å²) in [5, 5.41) is 1.31. The summed E-state index contributed by atoms with van der Waals surface area (Å²) in [5.74, 6) is 0.976. The molecule has 1 amide bonds. The van der Waals surface area contributed by atoms with Crippen molar-refractivity contribution in [2.24, 2.45) is 5.92 Å². The monoisotopic (exact) mass is 302 g/mol. The second-order valence-electron chi connectivity index (χ2n) is 6.20. The first-order chi connectivity index (χ1) is 10.3. The van der Waals surface area contributed by atoms with E-state index in [9.17, 15) is 4.79 Å². The van der Waals surface area contributed by atoms with E-state index in [0.717, 1.165) is 25.4 Å². The van der Waals surface area contributed by atoms with Gasteiger partial charge in [-0.25, -0.2) is 0 Å². The Morgan fingerprint density at radius 3 is 2.86 bits per heavy atom. The van der Waals surface area contributed by atoms with Crippen LogP contribution in [-0.2, 0) is 24.3 Å². The summed E-state index contributed by atoms with van der Waals surface area (Å²) in [7, 11) is 0. The van der Waals surface area contributed by atoms with Gasteiger partial charge in [0.2, 0.25) is 5.91 Å². The molecule has 21 heavy (non-hydrogen) atoms. The van der Waals surface area contributed by atoms with Crippen LogP contribution in [0, 0.1) is 5.92 Å². The number of alkyl halides is 1. The van der Waals surface area contributed by atoms with Gasteiger partial charge in [0.1, 0.15) is 5.88 Å².